The third-order valence-electron chi connectivity index (χ3n) is 2.67. The third kappa shape index (κ3) is 2.30. The molecule has 2 aromatic heterocycles. The number of anilines is 1. The van der Waals surface area contributed by atoms with E-state index in [0.29, 0.717) is 10.7 Å². The van der Waals surface area contributed by atoms with Crippen molar-refractivity contribution in [2.24, 2.45) is 0 Å². The Hall–Kier alpha value is -2.54. The highest BCUT2D eigenvalue weighted by molar-refractivity contribution is 7.15. The number of nitrogens with one attached hydrogen (secondary N) is 2. The summed E-state index contributed by atoms with van der Waals surface area (Å²) in [6.07, 6.45) is 0. The fourth-order valence-electron chi connectivity index (χ4n) is 1.76. The summed E-state index contributed by atoms with van der Waals surface area (Å²) < 4.78 is 5.33. The van der Waals surface area contributed by atoms with Crippen molar-refractivity contribution < 1.29 is 9.21 Å². The van der Waals surface area contributed by atoms with Gasteiger partial charge in [0.2, 0.25) is 10.7 Å². The first-order chi connectivity index (χ1) is 9.63. The van der Waals surface area contributed by atoms with Crippen LogP contribution in [0.15, 0.2) is 34.7 Å². The molecule has 0 spiro atoms. The summed E-state index contributed by atoms with van der Waals surface area (Å²) in [5.74, 6) is -0.430. The number of para-hydroxylation sites is 1. The quantitative estimate of drug-likeness (QED) is 0.756. The van der Waals surface area contributed by atoms with Crippen molar-refractivity contribution in [3.63, 3.8) is 0 Å². The first-order valence-corrected chi connectivity index (χ1v) is 6.64. The van der Waals surface area contributed by atoms with Crippen LogP contribution in [0.5, 0.6) is 0 Å². The Bertz CT molecular complexity index is 853. The summed E-state index contributed by atoms with van der Waals surface area (Å²) in [7, 11) is 0. The fourth-order valence-corrected chi connectivity index (χ4v) is 2.35. The predicted molar refractivity (Wildman–Crippen MR) is 74.7 cm³/mol. The molecule has 1 amide bonds. The molecule has 0 aliphatic rings. The van der Waals surface area contributed by atoms with Gasteiger partial charge in [-0.1, -0.05) is 29.5 Å². The minimum atomic E-state index is -0.430. The van der Waals surface area contributed by atoms with Gasteiger partial charge in [-0.15, -0.1) is 10.2 Å². The fraction of sp³-hybridized carbons (Fsp3) is 0.0769. The number of aromatic nitrogens is 2. The second-order valence-corrected chi connectivity index (χ2v) is 5.29. The zero-order chi connectivity index (χ0) is 14.1. The molecule has 0 saturated carbocycles. The highest BCUT2D eigenvalue weighted by atomic mass is 32.1. The van der Waals surface area contributed by atoms with Gasteiger partial charge in [-0.05, 0) is 19.1 Å². The van der Waals surface area contributed by atoms with E-state index in [2.05, 4.69) is 15.5 Å². The molecule has 0 atom stereocenters. The molecule has 6 nitrogen and oxygen atoms in total. The van der Waals surface area contributed by atoms with Crippen molar-refractivity contribution in [1.29, 1.82) is 5.41 Å². The minimum absolute atomic E-state index is 0.163. The van der Waals surface area contributed by atoms with Crippen LogP contribution in [-0.2, 0) is 0 Å². The van der Waals surface area contributed by atoms with Crippen LogP contribution in [0.25, 0.3) is 11.0 Å². The average molecular weight is 286 g/mol. The molecule has 7 heteroatoms. The summed E-state index contributed by atoms with van der Waals surface area (Å²) in [5.41, 5.74) is 0.555. The van der Waals surface area contributed by atoms with Crippen LogP contribution in [0, 0.1) is 12.3 Å². The predicted octanol–water partition coefficient (Wildman–Crippen LogP) is 2.32. The van der Waals surface area contributed by atoms with E-state index in [-0.39, 0.29) is 11.1 Å². The summed E-state index contributed by atoms with van der Waals surface area (Å²) in [6, 6.07) is 8.87. The van der Waals surface area contributed by atoms with Crippen molar-refractivity contribution in [2.45, 2.75) is 6.92 Å². The zero-order valence-electron chi connectivity index (χ0n) is 10.5. The van der Waals surface area contributed by atoms with E-state index in [1.807, 2.05) is 18.2 Å². The number of hydrogen-bond donors (Lipinski definition) is 2. The van der Waals surface area contributed by atoms with Crippen molar-refractivity contribution in [3.8, 4) is 0 Å². The number of aryl methyl sites for hydroxylation is 1. The molecule has 3 rings (SSSR count). The lowest BCUT2D eigenvalue weighted by molar-refractivity contribution is 0.102. The number of carbonyl (C=O) groups is 1. The number of nitrogens with zero attached hydrogens (tertiary/aromatic N) is 2. The molecule has 0 unspecified atom stereocenters. The van der Waals surface area contributed by atoms with Gasteiger partial charge in [0.1, 0.15) is 16.2 Å². The maximum Gasteiger partial charge on any atom is 0.262 e. The molecular formula is C13H10N4O2S. The van der Waals surface area contributed by atoms with E-state index in [1.54, 1.807) is 19.1 Å². The lowest BCUT2D eigenvalue weighted by Crippen LogP contribution is -2.20. The monoisotopic (exact) mass is 286 g/mol. The average Bonchev–Trinajstić information content (AvgIpc) is 2.83. The molecule has 2 heterocycles. The van der Waals surface area contributed by atoms with E-state index in [0.717, 1.165) is 10.4 Å². The second kappa shape index (κ2) is 4.86. The maximum absolute atomic E-state index is 12.1. The molecule has 0 bridgehead atoms. The van der Waals surface area contributed by atoms with Crippen LogP contribution >= 0.6 is 11.3 Å². The van der Waals surface area contributed by atoms with Gasteiger partial charge in [0, 0.05) is 5.39 Å². The normalized spacial score (nSPS) is 10.7. The van der Waals surface area contributed by atoms with Crippen molar-refractivity contribution in [1.82, 2.24) is 10.2 Å². The zero-order valence-corrected chi connectivity index (χ0v) is 11.3. The Labute approximate surface area is 117 Å². The van der Waals surface area contributed by atoms with Gasteiger partial charge in [-0.3, -0.25) is 15.5 Å². The molecule has 20 heavy (non-hydrogen) atoms. The lowest BCUT2D eigenvalue weighted by Gasteiger charge is -2.03. The van der Waals surface area contributed by atoms with Crippen LogP contribution < -0.4 is 10.9 Å². The molecule has 0 fully saturated rings. The summed E-state index contributed by atoms with van der Waals surface area (Å²) >= 11 is 1.27. The number of amides is 1. The molecular weight excluding hydrogens is 276 g/mol. The van der Waals surface area contributed by atoms with Crippen molar-refractivity contribution in [2.75, 3.05) is 5.32 Å². The Kier molecular flexibility index (Phi) is 3.03. The van der Waals surface area contributed by atoms with Gasteiger partial charge in [0.05, 0.1) is 0 Å². The van der Waals surface area contributed by atoms with Crippen molar-refractivity contribution >= 4 is 33.3 Å². The van der Waals surface area contributed by atoms with Gasteiger partial charge < -0.3 is 4.42 Å². The third-order valence-corrected chi connectivity index (χ3v) is 3.42. The number of carbonyl (C=O) groups excluding carboxylic acids is 1. The minimum Gasteiger partial charge on any atom is -0.438 e. The highest BCUT2D eigenvalue weighted by Crippen LogP contribution is 2.16. The first-order valence-electron chi connectivity index (χ1n) is 5.82. The van der Waals surface area contributed by atoms with Gasteiger partial charge in [-0.25, -0.2) is 0 Å². The maximum atomic E-state index is 12.1. The van der Waals surface area contributed by atoms with Gasteiger partial charge in [-0.2, -0.15) is 0 Å². The number of benzene rings is 1. The molecule has 3 aromatic rings. The Balaban J connectivity index is 1.98. The smallest absolute Gasteiger partial charge is 0.262 e. The Morgan fingerprint density at radius 1 is 1.35 bits per heavy atom. The number of fused-ring (bicyclic) bond motifs is 1. The Morgan fingerprint density at radius 3 is 2.90 bits per heavy atom. The van der Waals surface area contributed by atoms with E-state index in [1.165, 1.54) is 11.3 Å². The molecule has 0 radical (unpaired) electrons. The van der Waals surface area contributed by atoms with Gasteiger partial charge in [0.15, 0.2) is 0 Å². The van der Waals surface area contributed by atoms with E-state index >= 15 is 0 Å². The molecule has 0 saturated heterocycles. The Morgan fingerprint density at radius 2 is 2.15 bits per heavy atom. The van der Waals surface area contributed by atoms with Crippen LogP contribution in [0.4, 0.5) is 5.13 Å². The topological polar surface area (TPSA) is 91.9 Å². The van der Waals surface area contributed by atoms with E-state index in [4.69, 9.17) is 9.83 Å². The molecule has 2 N–H and O–H groups in total. The molecule has 0 aliphatic heterocycles. The van der Waals surface area contributed by atoms with Crippen LogP contribution in [-0.4, -0.2) is 16.1 Å². The number of hydrogen-bond acceptors (Lipinski definition) is 6. The van der Waals surface area contributed by atoms with Crippen LogP contribution in [0.3, 0.4) is 0 Å². The van der Waals surface area contributed by atoms with Gasteiger partial charge >= 0.3 is 0 Å². The summed E-state index contributed by atoms with van der Waals surface area (Å²) in [4.78, 5) is 12.1. The van der Waals surface area contributed by atoms with E-state index < -0.39 is 5.91 Å². The molecule has 0 aliphatic carbocycles. The first kappa shape index (κ1) is 12.5. The highest BCUT2D eigenvalue weighted by Gasteiger charge is 2.13. The number of rotatable bonds is 2. The standard InChI is InChI=1S/C13H10N4O2S/c1-7-16-17-13(20-7)15-12(18)9-6-8-4-2-3-5-10(8)19-11(9)14/h2-6,14H,1H3,(H,15,17,18). The van der Waals surface area contributed by atoms with Crippen LogP contribution in [0.2, 0.25) is 0 Å². The molecule has 1 aromatic carbocycles. The largest absolute Gasteiger partial charge is 0.438 e. The van der Waals surface area contributed by atoms with Crippen LogP contribution in [0.1, 0.15) is 15.4 Å². The van der Waals surface area contributed by atoms with Crippen molar-refractivity contribution in [3.05, 3.63) is 46.5 Å². The van der Waals surface area contributed by atoms with E-state index in [9.17, 15) is 4.79 Å². The second-order valence-electron chi connectivity index (χ2n) is 4.11. The lowest BCUT2D eigenvalue weighted by atomic mass is 10.2. The van der Waals surface area contributed by atoms with Gasteiger partial charge in [0.25, 0.3) is 5.91 Å². The summed E-state index contributed by atoms with van der Waals surface area (Å²) in [5, 5.41) is 20.0. The summed E-state index contributed by atoms with van der Waals surface area (Å²) in [6.45, 7) is 1.80. The molecule has 100 valence electrons. The SMILES string of the molecule is Cc1nnc(NC(=O)c2cc3ccccc3oc2=N)s1.